The van der Waals surface area contributed by atoms with Crippen LogP contribution in [0.4, 0.5) is 0 Å². The van der Waals surface area contributed by atoms with E-state index in [-0.39, 0.29) is 12.0 Å². The molecule has 1 aromatic carbocycles. The van der Waals surface area contributed by atoms with E-state index in [2.05, 4.69) is 43.9 Å². The van der Waals surface area contributed by atoms with Crippen molar-refractivity contribution in [3.05, 3.63) is 41.5 Å². The lowest BCUT2D eigenvalue weighted by atomic mass is 9.82. The van der Waals surface area contributed by atoms with Crippen molar-refractivity contribution >= 4 is 5.70 Å². The molecule has 0 amide bonds. The molecule has 2 N–H and O–H groups in total. The van der Waals surface area contributed by atoms with Crippen molar-refractivity contribution in [2.45, 2.75) is 25.7 Å². The number of hydrogen-bond acceptors (Lipinski definition) is 3. The quantitative estimate of drug-likeness (QED) is 0.798. The zero-order chi connectivity index (χ0) is 13.9. The van der Waals surface area contributed by atoms with E-state index in [1.807, 2.05) is 0 Å². The number of fused-ring (bicyclic) bond motifs is 1. The highest BCUT2D eigenvalue weighted by molar-refractivity contribution is 5.67. The maximum atomic E-state index is 8.78. The lowest BCUT2D eigenvalue weighted by Crippen LogP contribution is -2.27. The molecule has 0 fully saturated rings. The van der Waals surface area contributed by atoms with Gasteiger partial charge in [-0.15, -0.1) is 0 Å². The summed E-state index contributed by atoms with van der Waals surface area (Å²) >= 11 is 0. The molecule has 0 radical (unpaired) electrons. The van der Waals surface area contributed by atoms with Crippen LogP contribution < -0.4 is 5.32 Å². The zero-order valence-corrected chi connectivity index (χ0v) is 11.8. The molecule has 104 valence electrons. The number of hydrogen-bond donors (Lipinski definition) is 2. The van der Waals surface area contributed by atoms with Crippen LogP contribution in [0.3, 0.4) is 0 Å². The van der Waals surface area contributed by atoms with Gasteiger partial charge in [-0.25, -0.2) is 0 Å². The van der Waals surface area contributed by atoms with Gasteiger partial charge in [0.1, 0.15) is 0 Å². The summed E-state index contributed by atoms with van der Waals surface area (Å²) in [5, 5.41) is 12.1. The largest absolute Gasteiger partial charge is 0.394 e. The molecule has 1 aliphatic heterocycles. The van der Waals surface area contributed by atoms with Crippen LogP contribution >= 0.6 is 0 Å². The Morgan fingerprint density at radius 2 is 2.21 bits per heavy atom. The van der Waals surface area contributed by atoms with Crippen molar-refractivity contribution in [1.29, 1.82) is 0 Å². The monoisotopic (exact) mass is 261 g/mol. The molecule has 0 saturated carbocycles. The fourth-order valence-corrected chi connectivity index (χ4v) is 2.43. The minimum atomic E-state index is -0.0452. The van der Waals surface area contributed by atoms with E-state index >= 15 is 0 Å². The summed E-state index contributed by atoms with van der Waals surface area (Å²) in [5.74, 6) is 0. The van der Waals surface area contributed by atoms with Crippen LogP contribution in [0.25, 0.3) is 5.70 Å². The van der Waals surface area contributed by atoms with Gasteiger partial charge in [-0.1, -0.05) is 38.6 Å². The van der Waals surface area contributed by atoms with Gasteiger partial charge in [-0.3, -0.25) is 0 Å². The van der Waals surface area contributed by atoms with Crippen molar-refractivity contribution in [2.24, 2.45) is 0 Å². The van der Waals surface area contributed by atoms with Crippen molar-refractivity contribution < 1.29 is 9.84 Å². The summed E-state index contributed by atoms with van der Waals surface area (Å²) in [6.07, 6.45) is 1.04. The summed E-state index contributed by atoms with van der Waals surface area (Å²) in [4.78, 5) is 0. The number of ether oxygens (including phenoxy) is 1. The van der Waals surface area contributed by atoms with E-state index in [9.17, 15) is 0 Å². The van der Waals surface area contributed by atoms with Gasteiger partial charge in [0.15, 0.2) is 0 Å². The van der Waals surface area contributed by atoms with Gasteiger partial charge >= 0.3 is 0 Å². The third-order valence-electron chi connectivity index (χ3n) is 3.64. The lowest BCUT2D eigenvalue weighted by Gasteiger charge is -2.28. The van der Waals surface area contributed by atoms with E-state index in [4.69, 9.17) is 9.84 Å². The number of benzene rings is 1. The van der Waals surface area contributed by atoms with E-state index in [1.165, 1.54) is 16.7 Å². The normalized spacial score (nSPS) is 15.0. The van der Waals surface area contributed by atoms with Crippen LogP contribution in [0.5, 0.6) is 0 Å². The molecule has 1 heterocycles. The molecule has 19 heavy (non-hydrogen) atoms. The molecule has 1 aliphatic rings. The van der Waals surface area contributed by atoms with Crippen molar-refractivity contribution in [3.8, 4) is 0 Å². The maximum Gasteiger partial charge on any atom is 0.0698 e. The Bertz CT molecular complexity index is 466. The fourth-order valence-electron chi connectivity index (χ4n) is 2.43. The molecular weight excluding hydrogens is 238 g/mol. The molecule has 0 atom stereocenters. The van der Waals surface area contributed by atoms with E-state index in [0.717, 1.165) is 18.7 Å². The van der Waals surface area contributed by atoms with Gasteiger partial charge in [0.05, 0.1) is 19.8 Å². The lowest BCUT2D eigenvalue weighted by molar-refractivity contribution is 0.0642. The van der Waals surface area contributed by atoms with Crippen LogP contribution in [0.15, 0.2) is 24.8 Å². The zero-order valence-electron chi connectivity index (χ0n) is 11.8. The fraction of sp³-hybridized carbons (Fsp3) is 0.500. The summed E-state index contributed by atoms with van der Waals surface area (Å²) in [6.45, 7) is 10.4. The first-order valence-corrected chi connectivity index (χ1v) is 6.80. The molecule has 0 bridgehead atoms. The second-order valence-corrected chi connectivity index (χ2v) is 5.69. The first-order valence-electron chi connectivity index (χ1n) is 6.80. The SMILES string of the molecule is C=C1NCCc2cc(C(C)(C)COCCO)ccc21. The molecule has 0 saturated heterocycles. The molecule has 0 unspecified atom stereocenters. The van der Waals surface area contributed by atoms with Gasteiger partial charge in [-0.2, -0.15) is 0 Å². The van der Waals surface area contributed by atoms with Crippen LogP contribution in [0.2, 0.25) is 0 Å². The summed E-state index contributed by atoms with van der Waals surface area (Å²) in [6, 6.07) is 6.57. The second kappa shape index (κ2) is 5.76. The average Bonchev–Trinajstić information content (AvgIpc) is 2.39. The average molecular weight is 261 g/mol. The third kappa shape index (κ3) is 3.17. The smallest absolute Gasteiger partial charge is 0.0698 e. The highest BCUT2D eigenvalue weighted by atomic mass is 16.5. The highest BCUT2D eigenvalue weighted by Gasteiger charge is 2.23. The Labute approximate surface area is 115 Å². The van der Waals surface area contributed by atoms with E-state index < -0.39 is 0 Å². The van der Waals surface area contributed by atoms with Gasteiger partial charge in [0.2, 0.25) is 0 Å². The Morgan fingerprint density at radius 1 is 1.42 bits per heavy atom. The number of aliphatic hydroxyl groups is 1. The Kier molecular flexibility index (Phi) is 4.27. The van der Waals surface area contributed by atoms with Crippen molar-refractivity contribution in [1.82, 2.24) is 5.32 Å². The first kappa shape index (κ1) is 14.1. The minimum Gasteiger partial charge on any atom is -0.394 e. The van der Waals surface area contributed by atoms with Gasteiger partial charge < -0.3 is 15.2 Å². The predicted molar refractivity (Wildman–Crippen MR) is 78.1 cm³/mol. The third-order valence-corrected chi connectivity index (χ3v) is 3.64. The standard InChI is InChI=1S/C16H23NO2/c1-12-15-5-4-14(10-13(15)6-7-17-12)16(2,3)11-19-9-8-18/h4-5,10,17-18H,1,6-9,11H2,2-3H3. The topological polar surface area (TPSA) is 41.5 Å². The molecule has 3 heteroatoms. The summed E-state index contributed by atoms with van der Waals surface area (Å²) < 4.78 is 5.49. The molecule has 3 nitrogen and oxygen atoms in total. The minimum absolute atomic E-state index is 0.0452. The van der Waals surface area contributed by atoms with Gasteiger partial charge in [0.25, 0.3) is 0 Å². The number of rotatable bonds is 5. The van der Waals surface area contributed by atoms with Crippen LogP contribution in [-0.4, -0.2) is 31.5 Å². The van der Waals surface area contributed by atoms with Gasteiger partial charge in [-0.05, 0) is 17.5 Å². The maximum absolute atomic E-state index is 8.78. The molecule has 0 spiro atoms. The predicted octanol–water partition coefficient (Wildman–Crippen LogP) is 2.09. The van der Waals surface area contributed by atoms with E-state index in [1.54, 1.807) is 0 Å². The van der Waals surface area contributed by atoms with Gasteiger partial charge in [0, 0.05) is 23.2 Å². The Balaban J connectivity index is 2.18. The van der Waals surface area contributed by atoms with Crippen molar-refractivity contribution in [3.63, 3.8) is 0 Å². The van der Waals surface area contributed by atoms with Crippen LogP contribution in [0.1, 0.15) is 30.5 Å². The summed E-state index contributed by atoms with van der Waals surface area (Å²) in [7, 11) is 0. The van der Waals surface area contributed by atoms with E-state index in [0.29, 0.717) is 13.2 Å². The van der Waals surface area contributed by atoms with Crippen molar-refractivity contribution in [2.75, 3.05) is 26.4 Å². The molecular formula is C16H23NO2. The second-order valence-electron chi connectivity index (χ2n) is 5.69. The number of nitrogens with one attached hydrogen (secondary N) is 1. The molecule has 0 aromatic heterocycles. The summed E-state index contributed by atoms with van der Waals surface area (Å²) in [5.41, 5.74) is 4.83. The first-order chi connectivity index (χ1) is 9.04. The molecule has 2 rings (SSSR count). The number of aliphatic hydroxyl groups excluding tert-OH is 1. The van der Waals surface area contributed by atoms with Crippen LogP contribution in [0, 0.1) is 0 Å². The Hall–Kier alpha value is -1.32. The Morgan fingerprint density at radius 3 is 2.95 bits per heavy atom. The molecule has 1 aromatic rings. The van der Waals surface area contributed by atoms with Crippen LogP contribution in [-0.2, 0) is 16.6 Å². The molecule has 0 aliphatic carbocycles. The highest BCUT2D eigenvalue weighted by Crippen LogP contribution is 2.29.